The van der Waals surface area contributed by atoms with Gasteiger partial charge in [0.2, 0.25) is 5.91 Å². The third kappa shape index (κ3) is 2.46. The average Bonchev–Trinajstić information content (AvgIpc) is 3.25. The number of fused-ring (bicyclic) bond motifs is 1. The first kappa shape index (κ1) is 15.2. The molecule has 0 unspecified atom stereocenters. The van der Waals surface area contributed by atoms with Crippen molar-refractivity contribution in [3.8, 4) is 0 Å². The van der Waals surface area contributed by atoms with E-state index >= 15 is 0 Å². The fraction of sp³-hybridized carbons (Fsp3) is 0.500. The number of imide groups is 1. The van der Waals surface area contributed by atoms with Crippen LogP contribution >= 0.6 is 0 Å². The number of urea groups is 1. The van der Waals surface area contributed by atoms with Crippen molar-refractivity contribution in [3.05, 3.63) is 29.3 Å². The highest BCUT2D eigenvalue weighted by Crippen LogP contribution is 2.35. The van der Waals surface area contributed by atoms with Gasteiger partial charge in [0.15, 0.2) is 0 Å². The fourth-order valence-corrected chi connectivity index (χ4v) is 4.13. The Kier molecular flexibility index (Phi) is 3.55. The summed E-state index contributed by atoms with van der Waals surface area (Å²) in [5.41, 5.74) is 2.58. The average molecular weight is 327 g/mol. The zero-order chi connectivity index (χ0) is 16.7. The van der Waals surface area contributed by atoms with Crippen LogP contribution in [0.1, 0.15) is 43.2 Å². The smallest absolute Gasteiger partial charge is 0.325 e. The summed E-state index contributed by atoms with van der Waals surface area (Å²) in [6.45, 7) is -0.233. The summed E-state index contributed by atoms with van der Waals surface area (Å²) in [7, 11) is 0. The highest BCUT2D eigenvalue weighted by Gasteiger charge is 2.52. The summed E-state index contributed by atoms with van der Waals surface area (Å²) in [5.74, 6) is -0.597. The Balaban J connectivity index is 1.43. The van der Waals surface area contributed by atoms with Crippen molar-refractivity contribution >= 4 is 23.5 Å². The zero-order valence-electron chi connectivity index (χ0n) is 13.6. The SMILES string of the molecule is O=C(CN1C(=O)NC2(CCCC2)C1=O)Nc1ccc2c(c1)CCC2. The third-order valence-corrected chi connectivity index (χ3v) is 5.39. The van der Waals surface area contributed by atoms with Crippen LogP contribution in [0.5, 0.6) is 0 Å². The van der Waals surface area contributed by atoms with Gasteiger partial charge >= 0.3 is 6.03 Å². The lowest BCUT2D eigenvalue weighted by molar-refractivity contribution is -0.133. The van der Waals surface area contributed by atoms with Gasteiger partial charge in [-0.3, -0.25) is 14.5 Å². The predicted molar refractivity (Wildman–Crippen MR) is 88.5 cm³/mol. The summed E-state index contributed by atoms with van der Waals surface area (Å²) in [4.78, 5) is 38.0. The molecule has 24 heavy (non-hydrogen) atoms. The largest absolute Gasteiger partial charge is 0.325 e. The van der Waals surface area contributed by atoms with Crippen LogP contribution in [0.15, 0.2) is 18.2 Å². The summed E-state index contributed by atoms with van der Waals surface area (Å²) in [6, 6.07) is 5.46. The van der Waals surface area contributed by atoms with Crippen LogP contribution in [0.2, 0.25) is 0 Å². The number of carbonyl (C=O) groups is 3. The Hall–Kier alpha value is -2.37. The van der Waals surface area contributed by atoms with E-state index in [2.05, 4.69) is 10.6 Å². The van der Waals surface area contributed by atoms with Crippen LogP contribution in [0.3, 0.4) is 0 Å². The minimum Gasteiger partial charge on any atom is -0.325 e. The Morgan fingerprint density at radius 3 is 2.67 bits per heavy atom. The van der Waals surface area contributed by atoms with Crippen LogP contribution < -0.4 is 10.6 Å². The molecule has 6 nitrogen and oxygen atoms in total. The van der Waals surface area contributed by atoms with E-state index in [0.717, 1.165) is 42.7 Å². The second-order valence-electron chi connectivity index (χ2n) is 7.00. The molecule has 1 aliphatic heterocycles. The summed E-state index contributed by atoms with van der Waals surface area (Å²) >= 11 is 0. The number of anilines is 1. The van der Waals surface area contributed by atoms with Crippen molar-refractivity contribution in [3.63, 3.8) is 0 Å². The number of hydrogen-bond donors (Lipinski definition) is 2. The van der Waals surface area contributed by atoms with Gasteiger partial charge < -0.3 is 10.6 Å². The van der Waals surface area contributed by atoms with Crippen molar-refractivity contribution < 1.29 is 14.4 Å². The van der Waals surface area contributed by atoms with Gasteiger partial charge in [0.1, 0.15) is 12.1 Å². The number of aryl methyl sites for hydroxylation is 2. The minimum atomic E-state index is -0.759. The van der Waals surface area contributed by atoms with Crippen LogP contribution in [-0.2, 0) is 22.4 Å². The first-order valence-electron chi connectivity index (χ1n) is 8.63. The minimum absolute atomic E-state index is 0.233. The van der Waals surface area contributed by atoms with Crippen LogP contribution in [-0.4, -0.2) is 34.8 Å². The van der Waals surface area contributed by atoms with E-state index in [1.54, 1.807) is 0 Å². The highest BCUT2D eigenvalue weighted by molar-refractivity contribution is 6.10. The second-order valence-corrected chi connectivity index (χ2v) is 7.00. The molecule has 1 heterocycles. The number of hydrogen-bond acceptors (Lipinski definition) is 3. The zero-order valence-corrected chi connectivity index (χ0v) is 13.6. The second kappa shape index (κ2) is 5.61. The number of nitrogens with zero attached hydrogens (tertiary/aromatic N) is 1. The van der Waals surface area contributed by atoms with Crippen LogP contribution in [0.25, 0.3) is 0 Å². The lowest BCUT2D eigenvalue weighted by atomic mass is 9.98. The van der Waals surface area contributed by atoms with Gasteiger partial charge in [0.25, 0.3) is 5.91 Å². The quantitative estimate of drug-likeness (QED) is 0.833. The molecular formula is C18H21N3O3. The fourth-order valence-electron chi connectivity index (χ4n) is 4.13. The molecule has 1 aromatic rings. The van der Waals surface area contributed by atoms with E-state index in [4.69, 9.17) is 0 Å². The summed E-state index contributed by atoms with van der Waals surface area (Å²) in [5, 5.41) is 5.60. The maximum Gasteiger partial charge on any atom is 0.325 e. The van der Waals surface area contributed by atoms with Crippen LogP contribution in [0, 0.1) is 0 Å². The van der Waals surface area contributed by atoms with E-state index in [-0.39, 0.29) is 18.4 Å². The molecule has 4 amide bonds. The van der Waals surface area contributed by atoms with Gasteiger partial charge in [-0.05, 0) is 55.4 Å². The van der Waals surface area contributed by atoms with Crippen molar-refractivity contribution in [2.75, 3.05) is 11.9 Å². The number of carbonyl (C=O) groups excluding carboxylic acids is 3. The summed E-state index contributed by atoms with van der Waals surface area (Å²) < 4.78 is 0. The molecule has 6 heteroatoms. The van der Waals surface area contributed by atoms with Crippen LogP contribution in [0.4, 0.5) is 10.5 Å². The summed E-state index contributed by atoms with van der Waals surface area (Å²) in [6.07, 6.45) is 6.48. The topological polar surface area (TPSA) is 78.5 Å². The number of benzene rings is 1. The predicted octanol–water partition coefficient (Wildman–Crippen LogP) is 1.98. The molecule has 126 valence electrons. The Labute approximate surface area is 140 Å². The molecule has 2 N–H and O–H groups in total. The molecule has 2 fully saturated rings. The third-order valence-electron chi connectivity index (χ3n) is 5.39. The number of rotatable bonds is 3. The molecule has 0 atom stereocenters. The highest BCUT2D eigenvalue weighted by atomic mass is 16.2. The van der Waals surface area contributed by atoms with E-state index in [9.17, 15) is 14.4 Å². The first-order valence-corrected chi connectivity index (χ1v) is 8.63. The lowest BCUT2D eigenvalue weighted by Gasteiger charge is -2.19. The van der Waals surface area contributed by atoms with Crippen molar-refractivity contribution in [2.24, 2.45) is 0 Å². The molecule has 2 aliphatic carbocycles. The van der Waals surface area contributed by atoms with Gasteiger partial charge in [0, 0.05) is 5.69 Å². The molecule has 0 bridgehead atoms. The molecule has 1 spiro atoms. The van der Waals surface area contributed by atoms with Gasteiger partial charge in [-0.15, -0.1) is 0 Å². The number of amides is 4. The lowest BCUT2D eigenvalue weighted by Crippen LogP contribution is -2.44. The molecule has 1 saturated heterocycles. The van der Waals surface area contributed by atoms with Gasteiger partial charge in [-0.25, -0.2) is 4.79 Å². The maximum atomic E-state index is 12.5. The molecule has 4 rings (SSSR count). The number of nitrogens with one attached hydrogen (secondary N) is 2. The van der Waals surface area contributed by atoms with E-state index < -0.39 is 11.6 Å². The van der Waals surface area contributed by atoms with E-state index in [1.807, 2.05) is 18.2 Å². The molecule has 0 aromatic heterocycles. The normalized spacial score (nSPS) is 21.2. The first-order chi connectivity index (χ1) is 11.6. The monoisotopic (exact) mass is 327 g/mol. The molecule has 3 aliphatic rings. The molecule has 1 saturated carbocycles. The van der Waals surface area contributed by atoms with Gasteiger partial charge in [-0.2, -0.15) is 0 Å². The van der Waals surface area contributed by atoms with Gasteiger partial charge in [0.05, 0.1) is 0 Å². The van der Waals surface area contributed by atoms with E-state index in [1.165, 1.54) is 11.1 Å². The standard InChI is InChI=1S/C18H21N3O3/c22-15(19-14-7-6-12-4-3-5-13(12)10-14)11-21-16(23)18(20-17(21)24)8-1-2-9-18/h6-7,10H,1-5,8-9,11H2,(H,19,22)(H,20,24). The van der Waals surface area contributed by atoms with E-state index in [0.29, 0.717) is 12.8 Å². The molecule has 0 radical (unpaired) electrons. The Bertz CT molecular complexity index is 722. The molecule has 1 aromatic carbocycles. The Morgan fingerprint density at radius 2 is 1.88 bits per heavy atom. The van der Waals surface area contributed by atoms with Crippen molar-refractivity contribution in [2.45, 2.75) is 50.5 Å². The Morgan fingerprint density at radius 1 is 1.12 bits per heavy atom. The molecular weight excluding hydrogens is 306 g/mol. The maximum absolute atomic E-state index is 12.5. The van der Waals surface area contributed by atoms with Crippen molar-refractivity contribution in [1.82, 2.24) is 10.2 Å². The van der Waals surface area contributed by atoms with Gasteiger partial charge in [-0.1, -0.05) is 18.9 Å². The van der Waals surface area contributed by atoms with Crippen molar-refractivity contribution in [1.29, 1.82) is 0 Å².